The van der Waals surface area contributed by atoms with Crippen LogP contribution in [0.2, 0.25) is 0 Å². The van der Waals surface area contributed by atoms with Crippen LogP contribution in [-0.4, -0.2) is 53.1 Å². The van der Waals surface area contributed by atoms with Crippen LogP contribution in [-0.2, 0) is 11.3 Å². The molecular weight excluding hydrogens is 389 g/mol. The smallest absolute Gasteiger partial charge is 0.367 e. The minimum absolute atomic E-state index is 0.103. The molecule has 12 heteroatoms. The number of carbonyl (C=O) groups is 1. The largest absolute Gasteiger partial charge is 0.411 e. The molecule has 1 aromatic carbocycles. The molecule has 5 nitrogen and oxygen atoms in total. The molecule has 1 aliphatic heterocycles. The minimum atomic E-state index is -4.51. The van der Waals surface area contributed by atoms with E-state index in [1.54, 1.807) is 0 Å². The number of carbonyl (C=O) groups excluding carboxylic acids is 1. The van der Waals surface area contributed by atoms with Crippen LogP contribution in [0.15, 0.2) is 29.4 Å². The van der Waals surface area contributed by atoms with Crippen LogP contribution >= 0.6 is 0 Å². The zero-order valence-electron chi connectivity index (χ0n) is 13.4. The van der Waals surface area contributed by atoms with Gasteiger partial charge in [-0.3, -0.25) is 4.79 Å². The van der Waals surface area contributed by atoms with E-state index in [1.165, 1.54) is 12.1 Å². The molecule has 150 valence electrons. The fraction of sp³-hybridized carbons (Fsp3) is 0.467. The van der Waals surface area contributed by atoms with E-state index in [9.17, 15) is 40.6 Å². The maximum Gasteiger partial charge on any atom is 0.411 e. The third kappa shape index (κ3) is 4.95. The Morgan fingerprint density at radius 3 is 2.30 bits per heavy atom. The van der Waals surface area contributed by atoms with Crippen LogP contribution in [0.3, 0.4) is 0 Å². The van der Waals surface area contributed by atoms with Gasteiger partial charge in [0.1, 0.15) is 12.3 Å². The molecule has 0 aliphatic carbocycles. The number of nitrogens with zero attached hydrogens (tertiary/aromatic N) is 2. The van der Waals surface area contributed by atoms with Crippen molar-refractivity contribution in [3.63, 3.8) is 0 Å². The van der Waals surface area contributed by atoms with Gasteiger partial charge in [0.2, 0.25) is 5.72 Å². The highest BCUT2D eigenvalue weighted by molar-refractivity contribution is 5.99. The topological polar surface area (TPSA) is 62.1 Å². The van der Waals surface area contributed by atoms with Crippen LogP contribution in [0.4, 0.5) is 30.7 Å². The summed E-state index contributed by atoms with van der Waals surface area (Å²) in [6.45, 7) is -1.90. The van der Waals surface area contributed by atoms with Crippen LogP contribution in [0.5, 0.6) is 0 Å². The predicted octanol–water partition coefficient (Wildman–Crippen LogP) is 3.19. The summed E-state index contributed by atoms with van der Waals surface area (Å²) in [6, 6.07) is 4.52. The lowest BCUT2D eigenvalue weighted by Crippen LogP contribution is -2.51. The van der Waals surface area contributed by atoms with Gasteiger partial charge in [-0.15, -0.1) is 0 Å². The second-order valence-corrected chi connectivity index (χ2v) is 5.67. The summed E-state index contributed by atoms with van der Waals surface area (Å²) in [5, 5.41) is 12.9. The molecule has 0 bridgehead atoms. The number of halogens is 7. The van der Waals surface area contributed by atoms with Crippen molar-refractivity contribution in [1.29, 1.82) is 0 Å². The van der Waals surface area contributed by atoms with Crippen molar-refractivity contribution in [2.45, 2.75) is 37.8 Å². The number of aliphatic hydroxyl groups is 1. The van der Waals surface area contributed by atoms with E-state index >= 15 is 0 Å². The zero-order valence-corrected chi connectivity index (χ0v) is 13.4. The summed E-state index contributed by atoms with van der Waals surface area (Å²) in [7, 11) is 0. The Morgan fingerprint density at radius 1 is 1.22 bits per heavy atom. The molecule has 1 N–H and O–H groups in total. The van der Waals surface area contributed by atoms with Crippen LogP contribution in [0, 0.1) is 0 Å². The maximum atomic E-state index is 13.1. The number of hydrogen-bond acceptors (Lipinski definition) is 4. The molecule has 0 spiro atoms. The van der Waals surface area contributed by atoms with E-state index in [-0.39, 0.29) is 16.1 Å². The quantitative estimate of drug-likeness (QED) is 0.744. The highest BCUT2D eigenvalue weighted by Crippen LogP contribution is 2.34. The summed E-state index contributed by atoms with van der Waals surface area (Å²) in [5.74, 6) is -1.27. The summed E-state index contributed by atoms with van der Waals surface area (Å²) in [4.78, 5) is 12.3. The molecular formula is C15H13F7N2O3. The SMILES string of the molecule is O=C(c1ccc(COCC(F)(F)F)cc1)N1N=C(C(F)F)C[C@]1(O)C(F)F. The van der Waals surface area contributed by atoms with Gasteiger partial charge in [-0.25, -0.2) is 17.6 Å². The van der Waals surface area contributed by atoms with Gasteiger partial charge < -0.3 is 9.84 Å². The van der Waals surface area contributed by atoms with Crippen molar-refractivity contribution in [1.82, 2.24) is 5.01 Å². The molecule has 0 unspecified atom stereocenters. The number of amides is 1. The van der Waals surface area contributed by atoms with Crippen molar-refractivity contribution < 1.29 is 45.4 Å². The summed E-state index contributed by atoms with van der Waals surface area (Å²) in [6.07, 6.45) is -12.5. The third-order valence-electron chi connectivity index (χ3n) is 3.57. The van der Waals surface area contributed by atoms with Gasteiger partial charge in [0, 0.05) is 12.0 Å². The van der Waals surface area contributed by atoms with Gasteiger partial charge in [-0.05, 0) is 17.7 Å². The Balaban J connectivity index is 2.14. The minimum Gasteiger partial charge on any atom is -0.367 e. The van der Waals surface area contributed by atoms with Gasteiger partial charge in [0.05, 0.1) is 6.61 Å². The van der Waals surface area contributed by atoms with Crippen molar-refractivity contribution in [3.05, 3.63) is 35.4 Å². The van der Waals surface area contributed by atoms with Crippen molar-refractivity contribution >= 4 is 11.6 Å². The Bertz CT molecular complexity index is 706. The lowest BCUT2D eigenvalue weighted by Gasteiger charge is -2.30. The molecule has 0 saturated heterocycles. The fourth-order valence-corrected chi connectivity index (χ4v) is 2.25. The highest BCUT2D eigenvalue weighted by atomic mass is 19.4. The molecule has 0 saturated carbocycles. The number of alkyl halides is 7. The van der Waals surface area contributed by atoms with Gasteiger partial charge in [-0.1, -0.05) is 12.1 Å². The standard InChI is InChI=1S/C15H13F7N2O3/c16-11(17)10-5-14(26,13(18)19)24(23-10)12(25)9-3-1-8(2-4-9)6-27-7-15(20,21)22/h1-4,11,13,26H,5-7H2/t14-/m0/s1. The molecule has 1 heterocycles. The maximum absolute atomic E-state index is 13.1. The van der Waals surface area contributed by atoms with E-state index in [0.717, 1.165) is 12.1 Å². The second kappa shape index (κ2) is 7.80. The van der Waals surface area contributed by atoms with E-state index < -0.39 is 56.0 Å². The molecule has 0 radical (unpaired) electrons. The van der Waals surface area contributed by atoms with Crippen molar-refractivity contribution in [3.8, 4) is 0 Å². The molecule has 27 heavy (non-hydrogen) atoms. The molecule has 1 amide bonds. The predicted molar refractivity (Wildman–Crippen MR) is 77.3 cm³/mol. The van der Waals surface area contributed by atoms with Crippen molar-refractivity contribution in [2.75, 3.05) is 6.61 Å². The zero-order chi connectivity index (χ0) is 20.4. The number of ether oxygens (including phenoxy) is 1. The number of hydrazone groups is 1. The summed E-state index contributed by atoms with van der Waals surface area (Å²) >= 11 is 0. The first kappa shape index (κ1) is 21.1. The molecule has 1 aliphatic rings. The molecule has 1 aromatic rings. The van der Waals surface area contributed by atoms with Gasteiger partial charge in [-0.2, -0.15) is 23.3 Å². The van der Waals surface area contributed by atoms with Gasteiger partial charge in [0.25, 0.3) is 18.8 Å². The first-order valence-corrected chi connectivity index (χ1v) is 7.38. The fourth-order valence-electron chi connectivity index (χ4n) is 2.25. The third-order valence-corrected chi connectivity index (χ3v) is 3.57. The van der Waals surface area contributed by atoms with E-state index in [4.69, 9.17) is 0 Å². The molecule has 1 atom stereocenters. The van der Waals surface area contributed by atoms with Crippen molar-refractivity contribution in [2.24, 2.45) is 5.10 Å². The van der Waals surface area contributed by atoms with Gasteiger partial charge in [0.15, 0.2) is 0 Å². The normalized spacial score (nSPS) is 20.5. The average molecular weight is 402 g/mol. The van der Waals surface area contributed by atoms with E-state index in [0.29, 0.717) is 0 Å². The number of hydrogen-bond donors (Lipinski definition) is 1. The summed E-state index contributed by atoms with van der Waals surface area (Å²) < 4.78 is 92.1. The van der Waals surface area contributed by atoms with Gasteiger partial charge >= 0.3 is 6.18 Å². The Labute approximate surface area is 148 Å². The van der Waals surface area contributed by atoms with Crippen LogP contribution < -0.4 is 0 Å². The first-order valence-electron chi connectivity index (χ1n) is 7.38. The number of rotatable bonds is 6. The molecule has 0 fully saturated rings. The lowest BCUT2D eigenvalue weighted by molar-refractivity contribution is -0.176. The van der Waals surface area contributed by atoms with E-state index in [1.807, 2.05) is 0 Å². The molecule has 2 rings (SSSR count). The van der Waals surface area contributed by atoms with Crippen LogP contribution in [0.25, 0.3) is 0 Å². The lowest BCUT2D eigenvalue weighted by atomic mass is 10.1. The number of benzene rings is 1. The average Bonchev–Trinajstić information content (AvgIpc) is 2.93. The Hall–Kier alpha value is -2.21. The highest BCUT2D eigenvalue weighted by Gasteiger charge is 2.53. The first-order chi connectivity index (χ1) is 12.4. The second-order valence-electron chi connectivity index (χ2n) is 5.67. The Kier molecular flexibility index (Phi) is 6.10. The van der Waals surface area contributed by atoms with Crippen LogP contribution in [0.1, 0.15) is 22.3 Å². The monoisotopic (exact) mass is 402 g/mol. The Morgan fingerprint density at radius 2 is 1.81 bits per heavy atom. The summed E-state index contributed by atoms with van der Waals surface area (Å²) in [5.41, 5.74) is -4.31. The van der Waals surface area contributed by atoms with E-state index in [2.05, 4.69) is 9.84 Å². The molecule has 0 aromatic heterocycles.